The number of fused-ring (bicyclic) bond motifs is 1. The van der Waals surface area contributed by atoms with Gasteiger partial charge in [-0.3, -0.25) is 9.97 Å². The van der Waals surface area contributed by atoms with Crippen LogP contribution in [-0.4, -0.2) is 33.0 Å². The number of nitrogens with one attached hydrogen (secondary N) is 1. The molecule has 3 heterocycles. The Morgan fingerprint density at radius 2 is 1.84 bits per heavy atom. The van der Waals surface area contributed by atoms with Crippen LogP contribution >= 0.6 is 0 Å². The second-order valence-electron chi connectivity index (χ2n) is 6.44. The Bertz CT molecular complexity index is 855. The summed E-state index contributed by atoms with van der Waals surface area (Å²) in [6.07, 6.45) is 7.31. The molecule has 1 aromatic carbocycles. The van der Waals surface area contributed by atoms with E-state index in [0.717, 1.165) is 41.2 Å². The first kappa shape index (κ1) is 15.7. The molecule has 1 N–H and O–H groups in total. The molecule has 0 saturated carbocycles. The van der Waals surface area contributed by atoms with Gasteiger partial charge in [-0.2, -0.15) is 4.98 Å². The number of aryl methyl sites for hydroxylation is 1. The maximum absolute atomic E-state index is 4.81. The van der Waals surface area contributed by atoms with Crippen molar-refractivity contribution in [3.63, 3.8) is 0 Å². The molecular weight excluding hydrogens is 312 g/mol. The minimum Gasteiger partial charge on any atom is -0.356 e. The summed E-state index contributed by atoms with van der Waals surface area (Å²) in [5.74, 6) is 1.67. The van der Waals surface area contributed by atoms with Crippen molar-refractivity contribution in [3.05, 3.63) is 48.0 Å². The second-order valence-corrected chi connectivity index (χ2v) is 6.44. The van der Waals surface area contributed by atoms with Gasteiger partial charge in [0.2, 0.25) is 5.95 Å². The van der Waals surface area contributed by atoms with Gasteiger partial charge in [0.15, 0.2) is 0 Å². The van der Waals surface area contributed by atoms with E-state index in [1.165, 1.54) is 19.3 Å². The molecule has 6 nitrogen and oxygen atoms in total. The number of aromatic nitrogens is 4. The molecule has 1 fully saturated rings. The Balaban J connectivity index is 1.63. The Kier molecular flexibility index (Phi) is 4.41. The number of para-hydroxylation sites is 1. The van der Waals surface area contributed by atoms with Crippen molar-refractivity contribution in [1.82, 2.24) is 19.9 Å². The van der Waals surface area contributed by atoms with Crippen LogP contribution in [-0.2, 0) is 6.54 Å². The Morgan fingerprint density at radius 3 is 2.64 bits per heavy atom. The van der Waals surface area contributed by atoms with Gasteiger partial charge in [0.25, 0.3) is 0 Å². The van der Waals surface area contributed by atoms with Gasteiger partial charge >= 0.3 is 0 Å². The summed E-state index contributed by atoms with van der Waals surface area (Å²) < 4.78 is 0. The Morgan fingerprint density at radius 1 is 1.00 bits per heavy atom. The van der Waals surface area contributed by atoms with Crippen LogP contribution in [0.25, 0.3) is 10.9 Å². The zero-order valence-corrected chi connectivity index (χ0v) is 14.4. The smallest absolute Gasteiger partial charge is 0.225 e. The van der Waals surface area contributed by atoms with Gasteiger partial charge in [0, 0.05) is 24.7 Å². The summed E-state index contributed by atoms with van der Waals surface area (Å²) in [5.41, 5.74) is 2.76. The summed E-state index contributed by atoms with van der Waals surface area (Å²) >= 11 is 0. The predicted molar refractivity (Wildman–Crippen MR) is 99.7 cm³/mol. The fourth-order valence-electron chi connectivity index (χ4n) is 3.17. The summed E-state index contributed by atoms with van der Waals surface area (Å²) in [6.45, 7) is 4.61. The highest BCUT2D eigenvalue weighted by atomic mass is 15.2. The maximum Gasteiger partial charge on any atom is 0.225 e. The number of nitrogens with zero attached hydrogens (tertiary/aromatic N) is 5. The van der Waals surface area contributed by atoms with Crippen LogP contribution in [0.5, 0.6) is 0 Å². The number of piperidine rings is 1. The molecule has 1 saturated heterocycles. The van der Waals surface area contributed by atoms with Crippen LogP contribution in [0.3, 0.4) is 0 Å². The first-order valence-electron chi connectivity index (χ1n) is 8.83. The molecule has 0 unspecified atom stereocenters. The van der Waals surface area contributed by atoms with E-state index in [1.807, 2.05) is 25.1 Å². The monoisotopic (exact) mass is 334 g/mol. The van der Waals surface area contributed by atoms with Gasteiger partial charge in [-0.05, 0) is 38.3 Å². The molecule has 0 radical (unpaired) electrons. The van der Waals surface area contributed by atoms with Crippen LogP contribution in [0.2, 0.25) is 0 Å². The molecule has 1 aliphatic heterocycles. The summed E-state index contributed by atoms with van der Waals surface area (Å²) in [4.78, 5) is 20.5. The lowest BCUT2D eigenvalue weighted by atomic mass is 10.1. The number of hydrogen-bond acceptors (Lipinski definition) is 6. The molecule has 0 bridgehead atoms. The lowest BCUT2D eigenvalue weighted by molar-refractivity contribution is 0.574. The largest absolute Gasteiger partial charge is 0.356 e. The molecule has 2 aromatic heterocycles. The highest BCUT2D eigenvalue weighted by Crippen LogP contribution is 2.27. The molecule has 0 atom stereocenters. The molecule has 6 heteroatoms. The van der Waals surface area contributed by atoms with Gasteiger partial charge in [-0.25, -0.2) is 4.98 Å². The van der Waals surface area contributed by atoms with Crippen molar-refractivity contribution < 1.29 is 0 Å². The highest BCUT2D eigenvalue weighted by molar-refractivity contribution is 5.90. The third-order valence-electron chi connectivity index (χ3n) is 4.50. The molecule has 4 rings (SSSR count). The minimum atomic E-state index is 0.561. The van der Waals surface area contributed by atoms with Crippen LogP contribution < -0.4 is 10.2 Å². The topological polar surface area (TPSA) is 66.8 Å². The van der Waals surface area contributed by atoms with Gasteiger partial charge in [-0.1, -0.05) is 12.1 Å². The van der Waals surface area contributed by atoms with Gasteiger partial charge < -0.3 is 10.2 Å². The molecule has 128 valence electrons. The summed E-state index contributed by atoms with van der Waals surface area (Å²) in [5, 5.41) is 4.42. The van der Waals surface area contributed by atoms with Crippen LogP contribution in [0, 0.1) is 6.92 Å². The third kappa shape index (κ3) is 3.52. The van der Waals surface area contributed by atoms with E-state index in [1.54, 1.807) is 12.4 Å². The lowest BCUT2D eigenvalue weighted by Crippen LogP contribution is -2.30. The summed E-state index contributed by atoms with van der Waals surface area (Å²) in [6, 6.07) is 8.22. The van der Waals surface area contributed by atoms with E-state index < -0.39 is 0 Å². The fraction of sp³-hybridized carbons (Fsp3) is 0.368. The first-order chi connectivity index (χ1) is 12.3. The molecular formula is C19H22N6. The van der Waals surface area contributed by atoms with E-state index in [4.69, 9.17) is 4.98 Å². The standard InChI is InChI=1S/C19H22N6/c1-14-11-21-15(12-20-14)13-22-19-23-17-8-4-3-7-16(17)18(24-19)25-9-5-2-6-10-25/h3-4,7-8,11-12H,2,5-6,9-10,13H2,1H3,(H,22,23,24). The number of benzene rings is 1. The molecule has 0 aliphatic carbocycles. The van der Waals surface area contributed by atoms with Gasteiger partial charge in [0.1, 0.15) is 5.82 Å². The molecule has 3 aromatic rings. The van der Waals surface area contributed by atoms with E-state index in [0.29, 0.717) is 12.5 Å². The second kappa shape index (κ2) is 7.01. The van der Waals surface area contributed by atoms with E-state index in [-0.39, 0.29) is 0 Å². The molecule has 1 aliphatic rings. The average Bonchev–Trinajstić information content (AvgIpc) is 2.67. The number of anilines is 2. The average molecular weight is 334 g/mol. The molecule has 0 amide bonds. The van der Waals surface area contributed by atoms with Crippen molar-refractivity contribution >= 4 is 22.7 Å². The van der Waals surface area contributed by atoms with Crippen LogP contribution in [0.15, 0.2) is 36.7 Å². The summed E-state index contributed by atoms with van der Waals surface area (Å²) in [7, 11) is 0. The lowest BCUT2D eigenvalue weighted by Gasteiger charge is -2.28. The first-order valence-corrected chi connectivity index (χ1v) is 8.83. The normalized spacial score (nSPS) is 14.7. The molecule has 0 spiro atoms. The Labute approximate surface area is 147 Å². The maximum atomic E-state index is 4.81. The zero-order valence-electron chi connectivity index (χ0n) is 14.4. The van der Waals surface area contributed by atoms with Crippen molar-refractivity contribution in [2.75, 3.05) is 23.3 Å². The Hall–Kier alpha value is -2.76. The zero-order chi connectivity index (χ0) is 17.1. The predicted octanol–water partition coefficient (Wildman–Crippen LogP) is 3.33. The van der Waals surface area contributed by atoms with E-state index >= 15 is 0 Å². The highest BCUT2D eigenvalue weighted by Gasteiger charge is 2.16. The van der Waals surface area contributed by atoms with Gasteiger partial charge in [0.05, 0.1) is 29.6 Å². The van der Waals surface area contributed by atoms with E-state index in [9.17, 15) is 0 Å². The van der Waals surface area contributed by atoms with Crippen molar-refractivity contribution in [1.29, 1.82) is 0 Å². The number of hydrogen-bond donors (Lipinski definition) is 1. The SMILES string of the molecule is Cc1cnc(CNc2nc(N3CCCCC3)c3ccccc3n2)cn1. The van der Waals surface area contributed by atoms with Crippen molar-refractivity contribution in [2.45, 2.75) is 32.7 Å². The third-order valence-corrected chi connectivity index (χ3v) is 4.50. The van der Waals surface area contributed by atoms with Gasteiger partial charge in [-0.15, -0.1) is 0 Å². The van der Waals surface area contributed by atoms with E-state index in [2.05, 4.69) is 31.2 Å². The number of rotatable bonds is 4. The fourth-order valence-corrected chi connectivity index (χ4v) is 3.17. The van der Waals surface area contributed by atoms with Crippen LogP contribution in [0.4, 0.5) is 11.8 Å². The van der Waals surface area contributed by atoms with Crippen molar-refractivity contribution in [2.24, 2.45) is 0 Å². The van der Waals surface area contributed by atoms with Crippen molar-refractivity contribution in [3.8, 4) is 0 Å². The van der Waals surface area contributed by atoms with Crippen LogP contribution in [0.1, 0.15) is 30.7 Å². The minimum absolute atomic E-state index is 0.561. The quantitative estimate of drug-likeness (QED) is 0.789. The molecule has 25 heavy (non-hydrogen) atoms.